The molecule has 0 fully saturated rings. The first-order valence-corrected chi connectivity index (χ1v) is 7.22. The van der Waals surface area contributed by atoms with E-state index in [1.54, 1.807) is 30.6 Å². The van der Waals surface area contributed by atoms with Crippen LogP contribution in [0, 0.1) is 0 Å². The van der Waals surface area contributed by atoms with Gasteiger partial charge in [0, 0.05) is 12.4 Å². The molecule has 0 atom stereocenters. The maximum Gasteiger partial charge on any atom is 0.306 e. The Morgan fingerprint density at radius 1 is 1.11 bits per heavy atom. The van der Waals surface area contributed by atoms with Crippen molar-refractivity contribution in [2.45, 2.75) is 6.42 Å². The molecule has 0 N–H and O–H groups in total. The zero-order valence-electron chi connectivity index (χ0n) is 9.91. The van der Waals surface area contributed by atoms with Crippen LogP contribution in [0.2, 0.25) is 0 Å². The van der Waals surface area contributed by atoms with E-state index in [1.165, 1.54) is 0 Å². The Morgan fingerprint density at radius 2 is 1.83 bits per heavy atom. The third kappa shape index (κ3) is 3.85. The molecule has 0 aliphatic rings. The van der Waals surface area contributed by atoms with Gasteiger partial charge in [-0.05, 0) is 41.8 Å². The van der Waals surface area contributed by atoms with Crippen molar-refractivity contribution < 1.29 is 12.6 Å². The lowest BCUT2D eigenvalue weighted by Crippen LogP contribution is -2.05. The van der Waals surface area contributed by atoms with E-state index in [0.29, 0.717) is 12.2 Å². The van der Waals surface area contributed by atoms with E-state index in [0.717, 1.165) is 17.4 Å². The van der Waals surface area contributed by atoms with Gasteiger partial charge in [0.25, 0.3) is 0 Å². The van der Waals surface area contributed by atoms with Gasteiger partial charge in [-0.25, -0.2) is 0 Å². The highest BCUT2D eigenvalue weighted by Crippen LogP contribution is 2.17. The van der Waals surface area contributed by atoms with E-state index >= 15 is 0 Å². The second-order valence-corrected chi connectivity index (χ2v) is 5.54. The number of aromatic nitrogens is 1. The summed E-state index contributed by atoms with van der Waals surface area (Å²) in [6.07, 6.45) is 5.20. The molecule has 0 radical (unpaired) electrons. The molecule has 1 heterocycles. The summed E-state index contributed by atoms with van der Waals surface area (Å²) in [5.74, 6) is 0.337. The van der Waals surface area contributed by atoms with Crippen molar-refractivity contribution in [3.05, 3.63) is 59.9 Å². The van der Waals surface area contributed by atoms with Crippen LogP contribution in [0.15, 0.2) is 48.8 Å². The zero-order valence-corrected chi connectivity index (χ0v) is 10.7. The van der Waals surface area contributed by atoms with Gasteiger partial charge in [0.15, 0.2) is 0 Å². The van der Waals surface area contributed by atoms with Crippen LogP contribution in [0.3, 0.4) is 0 Å². The number of nitrogens with zero attached hydrogens (tertiary/aromatic N) is 1. The molecular weight excluding hydrogens is 250 g/mol. The van der Waals surface area contributed by atoms with Crippen LogP contribution in [0.5, 0.6) is 5.75 Å². The molecule has 0 aliphatic carbocycles. The molecule has 18 heavy (non-hydrogen) atoms. The molecule has 0 bridgehead atoms. The first-order valence-electron chi connectivity index (χ1n) is 5.40. The maximum absolute atomic E-state index is 11.0. The highest BCUT2D eigenvalue weighted by atomic mass is 32.2. The highest BCUT2D eigenvalue weighted by molar-refractivity contribution is 7.86. The predicted molar refractivity (Wildman–Crippen MR) is 69.0 cm³/mol. The summed E-state index contributed by atoms with van der Waals surface area (Å²) in [4.78, 5) is 3.95. The minimum Gasteiger partial charge on any atom is -0.383 e. The van der Waals surface area contributed by atoms with Gasteiger partial charge in [0.1, 0.15) is 5.75 Å². The average Bonchev–Trinajstić information content (AvgIpc) is 2.28. The van der Waals surface area contributed by atoms with E-state index in [1.807, 2.05) is 18.2 Å². The first-order chi connectivity index (χ1) is 8.53. The fourth-order valence-corrected chi connectivity index (χ4v) is 2.07. The summed E-state index contributed by atoms with van der Waals surface area (Å²) in [6, 6.07) is 10.9. The lowest BCUT2D eigenvalue weighted by molar-refractivity contribution is 0.493. The van der Waals surface area contributed by atoms with E-state index in [9.17, 15) is 8.42 Å². The van der Waals surface area contributed by atoms with Crippen molar-refractivity contribution in [3.8, 4) is 5.75 Å². The van der Waals surface area contributed by atoms with Crippen LogP contribution in [0.4, 0.5) is 0 Å². The molecular formula is C13H13NO3S. The Hall–Kier alpha value is -1.88. The summed E-state index contributed by atoms with van der Waals surface area (Å²) in [5, 5.41) is 0. The summed E-state index contributed by atoms with van der Waals surface area (Å²) in [7, 11) is -3.48. The monoisotopic (exact) mass is 263 g/mol. The first kappa shape index (κ1) is 12.6. The lowest BCUT2D eigenvalue weighted by Gasteiger charge is -2.05. The fraction of sp³-hybridized carbons (Fsp3) is 0.154. The molecule has 1 aromatic carbocycles. The Kier molecular flexibility index (Phi) is 3.62. The van der Waals surface area contributed by atoms with Gasteiger partial charge in [-0.15, -0.1) is 0 Å². The zero-order chi connectivity index (χ0) is 13.0. The molecule has 2 aromatic rings. The SMILES string of the molecule is CS(=O)(=O)Oc1cccc(Cc2ccncc2)c1. The predicted octanol–water partition coefficient (Wildman–Crippen LogP) is 2.01. The maximum atomic E-state index is 11.0. The average molecular weight is 263 g/mol. The van der Waals surface area contributed by atoms with E-state index < -0.39 is 10.1 Å². The van der Waals surface area contributed by atoms with Crippen LogP contribution < -0.4 is 4.18 Å². The molecule has 94 valence electrons. The molecule has 2 rings (SSSR count). The van der Waals surface area contributed by atoms with Gasteiger partial charge in [-0.1, -0.05) is 12.1 Å². The van der Waals surface area contributed by atoms with Crippen molar-refractivity contribution in [2.75, 3.05) is 6.26 Å². The molecule has 0 saturated carbocycles. The van der Waals surface area contributed by atoms with Crippen LogP contribution >= 0.6 is 0 Å². The molecule has 1 aromatic heterocycles. The van der Waals surface area contributed by atoms with Crippen LogP contribution in [-0.4, -0.2) is 19.7 Å². The number of hydrogen-bond donors (Lipinski definition) is 0. The Balaban J connectivity index is 2.18. The summed E-state index contributed by atoms with van der Waals surface area (Å²) >= 11 is 0. The molecule has 0 spiro atoms. The fourth-order valence-electron chi connectivity index (χ4n) is 1.62. The Labute approximate surface area is 106 Å². The number of rotatable bonds is 4. The largest absolute Gasteiger partial charge is 0.383 e. The van der Waals surface area contributed by atoms with Gasteiger partial charge in [0.2, 0.25) is 0 Å². The summed E-state index contributed by atoms with van der Waals surface area (Å²) in [5.41, 5.74) is 2.10. The van der Waals surface area contributed by atoms with Gasteiger partial charge in [-0.2, -0.15) is 8.42 Å². The van der Waals surface area contributed by atoms with Crippen LogP contribution in [0.25, 0.3) is 0 Å². The molecule has 0 unspecified atom stereocenters. The van der Waals surface area contributed by atoms with Crippen LogP contribution in [0.1, 0.15) is 11.1 Å². The van der Waals surface area contributed by atoms with E-state index in [4.69, 9.17) is 4.18 Å². The highest BCUT2D eigenvalue weighted by Gasteiger charge is 2.05. The van der Waals surface area contributed by atoms with Crippen molar-refractivity contribution >= 4 is 10.1 Å². The van der Waals surface area contributed by atoms with Gasteiger partial charge in [-0.3, -0.25) is 4.98 Å². The smallest absolute Gasteiger partial charge is 0.306 e. The van der Waals surface area contributed by atoms with Gasteiger partial charge in [0.05, 0.1) is 6.26 Å². The van der Waals surface area contributed by atoms with Gasteiger partial charge >= 0.3 is 10.1 Å². The van der Waals surface area contributed by atoms with Crippen molar-refractivity contribution in [3.63, 3.8) is 0 Å². The molecule has 5 heteroatoms. The van der Waals surface area contributed by atoms with E-state index in [-0.39, 0.29) is 0 Å². The third-order valence-corrected chi connectivity index (χ3v) is 2.80. The Morgan fingerprint density at radius 3 is 2.50 bits per heavy atom. The minimum absolute atomic E-state index is 0.337. The molecule has 0 aliphatic heterocycles. The van der Waals surface area contributed by atoms with E-state index in [2.05, 4.69) is 4.98 Å². The van der Waals surface area contributed by atoms with Crippen molar-refractivity contribution in [1.29, 1.82) is 0 Å². The quantitative estimate of drug-likeness (QED) is 0.792. The Bertz CT molecular complexity index is 624. The summed E-state index contributed by atoms with van der Waals surface area (Å²) < 4.78 is 26.9. The normalized spacial score (nSPS) is 11.2. The molecule has 4 nitrogen and oxygen atoms in total. The summed E-state index contributed by atoms with van der Waals surface area (Å²) in [6.45, 7) is 0. The van der Waals surface area contributed by atoms with Crippen LogP contribution in [-0.2, 0) is 16.5 Å². The number of hydrogen-bond acceptors (Lipinski definition) is 4. The molecule has 0 amide bonds. The second-order valence-electron chi connectivity index (χ2n) is 3.97. The standard InChI is InChI=1S/C13H13NO3S/c1-18(15,16)17-13-4-2-3-12(10-13)9-11-5-7-14-8-6-11/h2-8,10H,9H2,1H3. The second kappa shape index (κ2) is 5.18. The number of benzene rings is 1. The minimum atomic E-state index is -3.48. The molecule has 0 saturated heterocycles. The van der Waals surface area contributed by atoms with Crippen molar-refractivity contribution in [2.24, 2.45) is 0 Å². The topological polar surface area (TPSA) is 56.3 Å². The third-order valence-electron chi connectivity index (χ3n) is 2.30. The van der Waals surface area contributed by atoms with Crippen molar-refractivity contribution in [1.82, 2.24) is 4.98 Å². The lowest BCUT2D eigenvalue weighted by atomic mass is 10.1. The number of pyridine rings is 1. The van der Waals surface area contributed by atoms with Gasteiger partial charge < -0.3 is 4.18 Å².